The second-order valence-electron chi connectivity index (χ2n) is 4.94. The molecule has 0 aliphatic heterocycles. The predicted molar refractivity (Wildman–Crippen MR) is 64.3 cm³/mol. The Morgan fingerprint density at radius 3 is 3.06 bits per heavy atom. The lowest BCUT2D eigenvalue weighted by molar-refractivity contribution is 0.181. The Labute approximate surface area is 98.4 Å². The SMILES string of the molecule is NC1(CO)CCc2[nH]c3c(F)cccc3c2C1. The minimum absolute atomic E-state index is 0.0333. The van der Waals surface area contributed by atoms with Gasteiger partial charge in [0.25, 0.3) is 0 Å². The molecule has 1 heterocycles. The molecule has 0 fully saturated rings. The zero-order valence-corrected chi connectivity index (χ0v) is 9.46. The number of hydrogen-bond donors (Lipinski definition) is 3. The van der Waals surface area contributed by atoms with E-state index in [2.05, 4.69) is 4.98 Å². The molecule has 0 saturated carbocycles. The lowest BCUT2D eigenvalue weighted by atomic mass is 9.81. The molecule has 4 heteroatoms. The number of nitrogens with two attached hydrogens (primary N) is 1. The minimum Gasteiger partial charge on any atom is -0.394 e. The number of aromatic nitrogens is 1. The standard InChI is InChI=1S/C13H15FN2O/c14-10-3-1-2-8-9-6-13(15,7-17)5-4-11(9)16-12(8)10/h1-3,16-17H,4-7,15H2. The van der Waals surface area contributed by atoms with Crippen molar-refractivity contribution in [3.63, 3.8) is 0 Å². The fraction of sp³-hybridized carbons (Fsp3) is 0.385. The van der Waals surface area contributed by atoms with Gasteiger partial charge in [-0.1, -0.05) is 12.1 Å². The number of para-hydroxylation sites is 1. The maximum atomic E-state index is 13.6. The van der Waals surface area contributed by atoms with Crippen LogP contribution in [0.2, 0.25) is 0 Å². The number of nitrogens with one attached hydrogen (secondary N) is 1. The number of fused-ring (bicyclic) bond motifs is 3. The van der Waals surface area contributed by atoms with Gasteiger partial charge in [0, 0.05) is 16.6 Å². The molecule has 3 nitrogen and oxygen atoms in total. The van der Waals surface area contributed by atoms with Crippen molar-refractivity contribution in [2.45, 2.75) is 24.8 Å². The van der Waals surface area contributed by atoms with Gasteiger partial charge in [-0.25, -0.2) is 4.39 Å². The third-order valence-electron chi connectivity index (χ3n) is 3.70. The average molecular weight is 234 g/mol. The zero-order chi connectivity index (χ0) is 12.0. The number of rotatable bonds is 1. The Morgan fingerprint density at radius 1 is 1.47 bits per heavy atom. The van der Waals surface area contributed by atoms with E-state index in [0.29, 0.717) is 11.9 Å². The number of benzene rings is 1. The van der Waals surface area contributed by atoms with E-state index in [9.17, 15) is 9.50 Å². The van der Waals surface area contributed by atoms with E-state index in [-0.39, 0.29) is 12.4 Å². The van der Waals surface area contributed by atoms with E-state index in [1.807, 2.05) is 6.07 Å². The summed E-state index contributed by atoms with van der Waals surface area (Å²) in [5.41, 5.74) is 8.21. The summed E-state index contributed by atoms with van der Waals surface area (Å²) in [4.78, 5) is 3.13. The van der Waals surface area contributed by atoms with Gasteiger partial charge in [0.15, 0.2) is 0 Å². The summed E-state index contributed by atoms with van der Waals surface area (Å²) in [6.45, 7) is -0.0333. The van der Waals surface area contributed by atoms with Crippen LogP contribution in [-0.2, 0) is 12.8 Å². The van der Waals surface area contributed by atoms with Crippen LogP contribution in [0.3, 0.4) is 0 Å². The van der Waals surface area contributed by atoms with Crippen molar-refractivity contribution in [1.29, 1.82) is 0 Å². The third-order valence-corrected chi connectivity index (χ3v) is 3.70. The molecular formula is C13H15FN2O. The van der Waals surface area contributed by atoms with Gasteiger partial charge >= 0.3 is 0 Å². The number of aromatic amines is 1. The van der Waals surface area contributed by atoms with Crippen LogP contribution in [-0.4, -0.2) is 22.2 Å². The van der Waals surface area contributed by atoms with Crippen LogP contribution in [0.5, 0.6) is 0 Å². The Balaban J connectivity index is 2.19. The number of H-pyrrole nitrogens is 1. The molecule has 90 valence electrons. The molecular weight excluding hydrogens is 219 g/mol. The lowest BCUT2D eigenvalue weighted by Gasteiger charge is -2.31. The van der Waals surface area contributed by atoms with E-state index >= 15 is 0 Å². The first kappa shape index (κ1) is 10.7. The highest BCUT2D eigenvalue weighted by Crippen LogP contribution is 2.33. The smallest absolute Gasteiger partial charge is 0.147 e. The van der Waals surface area contributed by atoms with Gasteiger partial charge in [-0.3, -0.25) is 0 Å². The van der Waals surface area contributed by atoms with Crippen LogP contribution in [0, 0.1) is 5.82 Å². The van der Waals surface area contributed by atoms with Crippen molar-refractivity contribution in [3.8, 4) is 0 Å². The molecule has 0 bridgehead atoms. The molecule has 0 saturated heterocycles. The molecule has 1 atom stereocenters. The highest BCUT2D eigenvalue weighted by molar-refractivity contribution is 5.85. The van der Waals surface area contributed by atoms with E-state index in [1.165, 1.54) is 6.07 Å². The van der Waals surface area contributed by atoms with Gasteiger partial charge in [0.05, 0.1) is 12.1 Å². The van der Waals surface area contributed by atoms with Crippen LogP contribution in [0.1, 0.15) is 17.7 Å². The molecule has 1 aromatic carbocycles. The Kier molecular flexibility index (Phi) is 2.24. The topological polar surface area (TPSA) is 62.0 Å². The second-order valence-corrected chi connectivity index (χ2v) is 4.94. The quantitative estimate of drug-likeness (QED) is 0.700. The highest BCUT2D eigenvalue weighted by Gasteiger charge is 2.32. The molecule has 17 heavy (non-hydrogen) atoms. The van der Waals surface area contributed by atoms with Crippen LogP contribution in [0.4, 0.5) is 4.39 Å². The van der Waals surface area contributed by atoms with Crippen molar-refractivity contribution in [2.75, 3.05) is 6.61 Å². The summed E-state index contributed by atoms with van der Waals surface area (Å²) in [6.07, 6.45) is 2.09. The zero-order valence-electron chi connectivity index (χ0n) is 9.46. The van der Waals surface area contributed by atoms with E-state index < -0.39 is 5.54 Å². The van der Waals surface area contributed by atoms with Gasteiger partial charge in [-0.05, 0) is 30.9 Å². The molecule has 4 N–H and O–H groups in total. The van der Waals surface area contributed by atoms with E-state index in [4.69, 9.17) is 5.73 Å². The molecule has 1 aliphatic carbocycles. The van der Waals surface area contributed by atoms with Crippen LogP contribution in [0.25, 0.3) is 10.9 Å². The maximum absolute atomic E-state index is 13.6. The van der Waals surface area contributed by atoms with Crippen molar-refractivity contribution in [3.05, 3.63) is 35.3 Å². The Morgan fingerprint density at radius 2 is 2.29 bits per heavy atom. The van der Waals surface area contributed by atoms with E-state index in [0.717, 1.165) is 29.5 Å². The van der Waals surface area contributed by atoms with Crippen molar-refractivity contribution >= 4 is 10.9 Å². The number of aliphatic hydroxyl groups is 1. The normalized spacial score (nSPS) is 23.9. The summed E-state index contributed by atoms with van der Waals surface area (Å²) in [7, 11) is 0. The minimum atomic E-state index is -0.561. The maximum Gasteiger partial charge on any atom is 0.147 e. The number of aliphatic hydroxyl groups excluding tert-OH is 1. The summed E-state index contributed by atoms with van der Waals surface area (Å²) in [5, 5.41) is 10.2. The van der Waals surface area contributed by atoms with Crippen molar-refractivity contribution in [1.82, 2.24) is 4.98 Å². The molecule has 0 amide bonds. The fourth-order valence-corrected chi connectivity index (χ4v) is 2.66. The third kappa shape index (κ3) is 1.56. The van der Waals surface area contributed by atoms with Gasteiger partial charge in [-0.15, -0.1) is 0 Å². The number of hydrogen-bond acceptors (Lipinski definition) is 2. The fourth-order valence-electron chi connectivity index (χ4n) is 2.66. The average Bonchev–Trinajstić information content (AvgIpc) is 2.69. The van der Waals surface area contributed by atoms with Crippen LogP contribution < -0.4 is 5.73 Å². The van der Waals surface area contributed by atoms with Crippen molar-refractivity contribution < 1.29 is 9.50 Å². The van der Waals surface area contributed by atoms with Crippen LogP contribution >= 0.6 is 0 Å². The van der Waals surface area contributed by atoms with Gasteiger partial charge in [-0.2, -0.15) is 0 Å². The van der Waals surface area contributed by atoms with E-state index in [1.54, 1.807) is 6.07 Å². The largest absolute Gasteiger partial charge is 0.394 e. The summed E-state index contributed by atoms with van der Waals surface area (Å²) >= 11 is 0. The second kappa shape index (κ2) is 3.55. The number of aryl methyl sites for hydroxylation is 1. The van der Waals surface area contributed by atoms with Gasteiger partial charge in [0.1, 0.15) is 5.82 Å². The molecule has 3 rings (SSSR count). The first-order chi connectivity index (χ1) is 8.13. The molecule has 2 aromatic rings. The molecule has 0 spiro atoms. The van der Waals surface area contributed by atoms with Gasteiger partial charge in [0.2, 0.25) is 0 Å². The summed E-state index contributed by atoms with van der Waals surface area (Å²) in [5.74, 6) is -0.233. The van der Waals surface area contributed by atoms with Crippen LogP contribution in [0.15, 0.2) is 18.2 Å². The highest BCUT2D eigenvalue weighted by atomic mass is 19.1. The first-order valence-corrected chi connectivity index (χ1v) is 5.81. The number of halogens is 1. The summed E-state index contributed by atoms with van der Waals surface area (Å²) in [6, 6.07) is 5.06. The molecule has 1 unspecified atom stereocenters. The van der Waals surface area contributed by atoms with Gasteiger partial charge < -0.3 is 15.8 Å². The molecule has 1 aliphatic rings. The lowest BCUT2D eigenvalue weighted by Crippen LogP contribution is -2.48. The first-order valence-electron chi connectivity index (χ1n) is 5.81. The Hall–Kier alpha value is -1.39. The Bertz CT molecular complexity index is 578. The molecule has 1 aromatic heterocycles. The monoisotopic (exact) mass is 234 g/mol. The predicted octanol–water partition coefficient (Wildman–Crippen LogP) is 1.49. The summed E-state index contributed by atoms with van der Waals surface area (Å²) < 4.78 is 13.6. The van der Waals surface area contributed by atoms with Crippen molar-refractivity contribution in [2.24, 2.45) is 5.73 Å². The molecule has 0 radical (unpaired) electrons.